The third-order valence-electron chi connectivity index (χ3n) is 6.47. The van der Waals surface area contributed by atoms with Crippen LogP contribution in [0.1, 0.15) is 11.1 Å². The molecule has 0 N–H and O–H groups in total. The summed E-state index contributed by atoms with van der Waals surface area (Å²) in [7, 11) is 1.93. The van der Waals surface area contributed by atoms with E-state index < -0.39 is 5.12 Å². The number of carbonyl (C=O) groups is 1. The second kappa shape index (κ2) is 9.87. The Labute approximate surface area is 235 Å². The van der Waals surface area contributed by atoms with Crippen molar-refractivity contribution in [3.8, 4) is 0 Å². The summed E-state index contributed by atoms with van der Waals surface area (Å²) in [5, 5.41) is 7.98. The summed E-state index contributed by atoms with van der Waals surface area (Å²) in [4.78, 5) is 18.1. The molecule has 1 amide bonds. The number of anilines is 2. The average molecular weight is 558 g/mol. The van der Waals surface area contributed by atoms with Gasteiger partial charge in [-0.05, 0) is 71.9 Å². The maximum atomic E-state index is 14.3. The predicted octanol–water partition coefficient (Wildman–Crippen LogP) is 7.54. The van der Waals surface area contributed by atoms with Crippen LogP contribution in [0.3, 0.4) is 0 Å². The molecule has 0 saturated carbocycles. The van der Waals surface area contributed by atoms with E-state index in [1.807, 2.05) is 137 Å². The van der Waals surface area contributed by atoms with Gasteiger partial charge in [-0.3, -0.25) is 9.69 Å². The van der Waals surface area contributed by atoms with Crippen LogP contribution in [0.2, 0.25) is 10.0 Å². The average Bonchev–Trinajstić information content (AvgIpc) is 3.43. The molecule has 1 spiro atoms. The number of hydrogen-bond acceptors (Lipinski definition) is 5. The Morgan fingerprint density at radius 1 is 0.789 bits per heavy atom. The summed E-state index contributed by atoms with van der Waals surface area (Å²) in [6, 6.07) is 34.6. The van der Waals surface area contributed by atoms with Crippen molar-refractivity contribution in [3.63, 3.8) is 0 Å². The lowest BCUT2D eigenvalue weighted by molar-refractivity contribution is -0.114. The number of hydrazone groups is 1. The van der Waals surface area contributed by atoms with Crippen molar-refractivity contribution in [2.75, 3.05) is 17.0 Å². The first-order valence-corrected chi connectivity index (χ1v) is 13.5. The molecule has 188 valence electrons. The van der Waals surface area contributed by atoms with Crippen LogP contribution in [0.4, 0.5) is 11.4 Å². The summed E-state index contributed by atoms with van der Waals surface area (Å²) in [5.74, 6) is -0.135. The van der Waals surface area contributed by atoms with E-state index in [1.165, 1.54) is 11.8 Å². The van der Waals surface area contributed by atoms with E-state index in [0.29, 0.717) is 15.7 Å². The molecule has 1 atom stereocenters. The van der Waals surface area contributed by atoms with Crippen LogP contribution in [0, 0.1) is 0 Å². The van der Waals surface area contributed by atoms with Crippen LogP contribution in [0.5, 0.6) is 0 Å². The van der Waals surface area contributed by atoms with Crippen LogP contribution >= 0.6 is 35.0 Å². The number of rotatable bonds is 4. The molecule has 6 rings (SSSR count). The maximum absolute atomic E-state index is 14.3. The number of benzene rings is 4. The van der Waals surface area contributed by atoms with Crippen molar-refractivity contribution in [1.29, 1.82) is 0 Å². The second-order valence-corrected chi connectivity index (χ2v) is 10.9. The van der Waals surface area contributed by atoms with E-state index in [2.05, 4.69) is 0 Å². The molecule has 2 aliphatic heterocycles. The Hall–Kier alpha value is -3.71. The van der Waals surface area contributed by atoms with Gasteiger partial charge in [-0.15, -0.1) is 0 Å². The van der Waals surface area contributed by atoms with Crippen LogP contribution in [-0.4, -0.2) is 28.0 Å². The topological polar surface area (TPSA) is 39.2 Å². The van der Waals surface area contributed by atoms with Gasteiger partial charge in [-0.1, -0.05) is 83.9 Å². The lowest BCUT2D eigenvalue weighted by Gasteiger charge is -2.43. The zero-order chi connectivity index (χ0) is 26.3. The summed E-state index contributed by atoms with van der Waals surface area (Å²) in [6.45, 7) is 0. The molecule has 4 aromatic rings. The van der Waals surface area contributed by atoms with Crippen molar-refractivity contribution in [3.05, 3.63) is 136 Å². The van der Waals surface area contributed by atoms with Gasteiger partial charge in [-0.25, -0.2) is 5.01 Å². The Bertz CT molecular complexity index is 1560. The molecule has 4 aromatic carbocycles. The number of hydrogen-bond donors (Lipinski definition) is 0. The Kier molecular flexibility index (Phi) is 6.40. The molecule has 8 heteroatoms. The second-order valence-electron chi connectivity index (χ2n) is 8.86. The smallest absolute Gasteiger partial charge is 0.278 e. The number of para-hydroxylation sites is 2. The van der Waals surface area contributed by atoms with Gasteiger partial charge in [0.05, 0.1) is 5.69 Å². The maximum Gasteiger partial charge on any atom is 0.278 e. The van der Waals surface area contributed by atoms with Gasteiger partial charge in [0.15, 0.2) is 0 Å². The van der Waals surface area contributed by atoms with Gasteiger partial charge < -0.3 is 4.90 Å². The Morgan fingerprint density at radius 2 is 1.45 bits per heavy atom. The molecular weight excluding hydrogens is 535 g/mol. The Morgan fingerprint density at radius 3 is 2.11 bits per heavy atom. The molecule has 1 saturated heterocycles. The molecule has 38 heavy (non-hydrogen) atoms. The highest BCUT2D eigenvalue weighted by atomic mass is 35.5. The zero-order valence-electron chi connectivity index (χ0n) is 20.3. The lowest BCUT2D eigenvalue weighted by atomic mass is 10.2. The molecule has 1 unspecified atom stereocenters. The first-order valence-electron chi connectivity index (χ1n) is 12.0. The summed E-state index contributed by atoms with van der Waals surface area (Å²) in [5.41, 5.74) is 3.90. The van der Waals surface area contributed by atoms with Crippen LogP contribution < -0.4 is 9.91 Å². The largest absolute Gasteiger partial charge is 0.319 e. The third-order valence-corrected chi connectivity index (χ3v) is 8.37. The van der Waals surface area contributed by atoms with Gasteiger partial charge >= 0.3 is 0 Å². The lowest BCUT2D eigenvalue weighted by Crippen LogP contribution is -2.59. The highest BCUT2D eigenvalue weighted by Gasteiger charge is 2.62. The number of likely N-dealkylation sites (N-methyl/N-ethyl adjacent to an activating group) is 1. The van der Waals surface area contributed by atoms with Crippen molar-refractivity contribution < 1.29 is 4.79 Å². The molecule has 5 nitrogen and oxygen atoms in total. The summed E-state index contributed by atoms with van der Waals surface area (Å²) < 4.78 is 0. The van der Waals surface area contributed by atoms with Gasteiger partial charge in [-0.2, -0.15) is 5.10 Å². The fraction of sp³-hybridized carbons (Fsp3) is 0.0667. The van der Waals surface area contributed by atoms with E-state index in [9.17, 15) is 4.79 Å². The normalized spacial score (nSPS) is 20.1. The predicted molar refractivity (Wildman–Crippen MR) is 158 cm³/mol. The summed E-state index contributed by atoms with van der Waals surface area (Å²) in [6.07, 6.45) is 1.89. The molecule has 0 radical (unpaired) electrons. The fourth-order valence-electron chi connectivity index (χ4n) is 4.67. The number of carbonyl (C=O) groups excluding carboxylic acids is 1. The minimum atomic E-state index is -1.05. The van der Waals surface area contributed by atoms with Gasteiger partial charge in [0.1, 0.15) is 10.7 Å². The minimum absolute atomic E-state index is 0.135. The first kappa shape index (κ1) is 24.6. The van der Waals surface area contributed by atoms with E-state index in [-0.39, 0.29) is 5.91 Å². The van der Waals surface area contributed by atoms with Gasteiger partial charge in [0.25, 0.3) is 11.0 Å². The van der Waals surface area contributed by atoms with Crippen molar-refractivity contribution in [1.82, 2.24) is 4.90 Å². The fourth-order valence-corrected chi connectivity index (χ4v) is 6.36. The number of thioether (sulfide) groups is 1. The molecule has 2 aliphatic rings. The summed E-state index contributed by atoms with van der Waals surface area (Å²) >= 11 is 14.0. The SMILES string of the molecule is CN1/C(=C/c2ccc(Cl)cc2)C(=O)N(c2ccccc2)C12SC(c1cccc(Cl)c1)=NN2c1ccccc1. The van der Waals surface area contributed by atoms with Crippen LogP contribution in [-0.2, 0) is 4.79 Å². The molecule has 2 heterocycles. The number of halogens is 2. The highest BCUT2D eigenvalue weighted by molar-refractivity contribution is 8.16. The first-order chi connectivity index (χ1) is 18.5. The molecular formula is C30H22Cl2N4OS. The standard InChI is InChI=1S/C30H22Cl2N4OS/c1-34-27(19-21-15-17-23(31)18-16-21)29(37)35(25-11-4-2-5-12-25)30(34)36(26-13-6-3-7-14-26)33-28(38-30)22-9-8-10-24(32)20-22/h2-20H,1H3/b27-19+. The van der Waals surface area contributed by atoms with Crippen LogP contribution in [0.25, 0.3) is 6.08 Å². The zero-order valence-corrected chi connectivity index (χ0v) is 22.7. The molecule has 0 aliphatic carbocycles. The quantitative estimate of drug-likeness (QED) is 0.243. The molecule has 0 aromatic heterocycles. The number of nitrogens with zero attached hydrogens (tertiary/aromatic N) is 4. The van der Waals surface area contributed by atoms with Gasteiger partial charge in [0.2, 0.25) is 0 Å². The van der Waals surface area contributed by atoms with E-state index >= 15 is 0 Å². The van der Waals surface area contributed by atoms with Gasteiger partial charge in [0, 0.05) is 28.3 Å². The third kappa shape index (κ3) is 4.15. The van der Waals surface area contributed by atoms with Crippen molar-refractivity contribution >= 4 is 63.4 Å². The van der Waals surface area contributed by atoms with Crippen molar-refractivity contribution in [2.45, 2.75) is 5.12 Å². The van der Waals surface area contributed by atoms with E-state index in [1.54, 1.807) is 0 Å². The van der Waals surface area contributed by atoms with Crippen LogP contribution in [0.15, 0.2) is 120 Å². The van der Waals surface area contributed by atoms with Crippen molar-refractivity contribution in [2.24, 2.45) is 5.10 Å². The Balaban J connectivity index is 1.57. The van der Waals surface area contributed by atoms with E-state index in [4.69, 9.17) is 28.3 Å². The highest BCUT2D eigenvalue weighted by Crippen LogP contribution is 2.53. The molecule has 1 fully saturated rings. The molecule has 0 bridgehead atoms. The minimum Gasteiger partial charge on any atom is -0.319 e. The number of amides is 1. The monoisotopic (exact) mass is 556 g/mol. The van der Waals surface area contributed by atoms with E-state index in [0.717, 1.165) is 27.5 Å².